The van der Waals surface area contributed by atoms with Crippen molar-refractivity contribution in [2.45, 2.75) is 38.6 Å². The molecule has 2 heteroatoms. The summed E-state index contributed by atoms with van der Waals surface area (Å²) >= 11 is 0. The molecule has 0 radical (unpaired) electrons. The summed E-state index contributed by atoms with van der Waals surface area (Å²) < 4.78 is 0. The lowest BCUT2D eigenvalue weighted by Gasteiger charge is -2.24. The van der Waals surface area contributed by atoms with Gasteiger partial charge < -0.3 is 5.32 Å². The largest absolute Gasteiger partial charge is 0.316 e. The maximum absolute atomic E-state index is 4.09. The molecule has 106 valence electrons. The number of nitrogens with one attached hydrogen (secondary N) is 1. The Morgan fingerprint density at radius 2 is 1.70 bits per heavy atom. The first-order valence-corrected chi connectivity index (χ1v) is 7.33. The van der Waals surface area contributed by atoms with Gasteiger partial charge in [0.05, 0.1) is 0 Å². The highest BCUT2D eigenvalue weighted by Crippen LogP contribution is 2.21. The first kappa shape index (κ1) is 14.7. The fourth-order valence-electron chi connectivity index (χ4n) is 2.62. The van der Waals surface area contributed by atoms with Gasteiger partial charge in [-0.05, 0) is 56.0 Å². The smallest absolute Gasteiger partial charge is 0.0270 e. The van der Waals surface area contributed by atoms with Crippen molar-refractivity contribution in [1.29, 1.82) is 0 Å². The van der Waals surface area contributed by atoms with Crippen LogP contribution < -0.4 is 5.32 Å². The van der Waals surface area contributed by atoms with Crippen LogP contribution in [-0.4, -0.2) is 18.1 Å². The van der Waals surface area contributed by atoms with Gasteiger partial charge in [-0.25, -0.2) is 0 Å². The summed E-state index contributed by atoms with van der Waals surface area (Å²) in [4.78, 5) is 4.09. The fraction of sp³-hybridized carbons (Fsp3) is 0.389. The number of hydrogen-bond donors (Lipinski definition) is 1. The Hall–Kier alpha value is -1.67. The molecular formula is C18H24N2. The molecule has 2 nitrogen and oxygen atoms in total. The zero-order valence-corrected chi connectivity index (χ0v) is 12.6. The minimum atomic E-state index is 0.485. The third kappa shape index (κ3) is 3.91. The van der Waals surface area contributed by atoms with Gasteiger partial charge in [-0.2, -0.15) is 0 Å². The van der Waals surface area contributed by atoms with E-state index in [9.17, 15) is 0 Å². The Bertz CT molecular complexity index is 505. The second-order valence-electron chi connectivity index (χ2n) is 5.49. The summed E-state index contributed by atoms with van der Waals surface area (Å²) in [5, 5.41) is 3.46. The normalized spacial score (nSPS) is 13.9. The standard InChI is InChI=1S/C18H24N2/c1-14-4-6-16(7-5-14)8-9-18(19-3)15(2)17-10-12-20-13-11-17/h4-7,10-13,15,18-19H,8-9H2,1-3H3. The average molecular weight is 268 g/mol. The highest BCUT2D eigenvalue weighted by molar-refractivity contribution is 5.22. The van der Waals surface area contributed by atoms with Crippen molar-refractivity contribution in [3.8, 4) is 0 Å². The summed E-state index contributed by atoms with van der Waals surface area (Å²) in [7, 11) is 2.05. The number of rotatable bonds is 6. The second-order valence-corrected chi connectivity index (χ2v) is 5.49. The van der Waals surface area contributed by atoms with Crippen LogP contribution in [0.2, 0.25) is 0 Å². The summed E-state index contributed by atoms with van der Waals surface area (Å²) in [6.07, 6.45) is 6.00. The van der Waals surface area contributed by atoms with Gasteiger partial charge in [-0.15, -0.1) is 0 Å². The van der Waals surface area contributed by atoms with Crippen LogP contribution in [0.3, 0.4) is 0 Å². The van der Waals surface area contributed by atoms with Gasteiger partial charge in [0.2, 0.25) is 0 Å². The molecule has 2 unspecified atom stereocenters. The summed E-state index contributed by atoms with van der Waals surface area (Å²) in [5.74, 6) is 0.494. The van der Waals surface area contributed by atoms with Crippen LogP contribution in [0.15, 0.2) is 48.8 Å². The van der Waals surface area contributed by atoms with Crippen LogP contribution in [-0.2, 0) is 6.42 Å². The van der Waals surface area contributed by atoms with E-state index in [2.05, 4.69) is 67.6 Å². The molecule has 2 atom stereocenters. The molecule has 2 rings (SSSR count). The quantitative estimate of drug-likeness (QED) is 0.864. The van der Waals surface area contributed by atoms with Crippen molar-refractivity contribution in [3.63, 3.8) is 0 Å². The van der Waals surface area contributed by atoms with Crippen LogP contribution in [0.1, 0.15) is 36.0 Å². The Morgan fingerprint density at radius 1 is 1.05 bits per heavy atom. The number of aromatic nitrogens is 1. The monoisotopic (exact) mass is 268 g/mol. The molecule has 0 spiro atoms. The van der Waals surface area contributed by atoms with Crippen molar-refractivity contribution in [2.75, 3.05) is 7.05 Å². The molecule has 20 heavy (non-hydrogen) atoms. The molecule has 2 aromatic rings. The van der Waals surface area contributed by atoms with E-state index in [0.717, 1.165) is 12.8 Å². The summed E-state index contributed by atoms with van der Waals surface area (Å²) in [6.45, 7) is 4.41. The van der Waals surface area contributed by atoms with Gasteiger partial charge in [0.15, 0.2) is 0 Å². The average Bonchev–Trinajstić information content (AvgIpc) is 2.50. The molecule has 0 aliphatic rings. The van der Waals surface area contributed by atoms with E-state index < -0.39 is 0 Å². The van der Waals surface area contributed by atoms with Gasteiger partial charge in [0, 0.05) is 18.4 Å². The van der Waals surface area contributed by atoms with Crippen LogP contribution in [0.5, 0.6) is 0 Å². The molecule has 0 aliphatic heterocycles. The first-order valence-electron chi connectivity index (χ1n) is 7.33. The number of likely N-dealkylation sites (N-methyl/N-ethyl adjacent to an activating group) is 1. The van der Waals surface area contributed by atoms with Crippen molar-refractivity contribution in [2.24, 2.45) is 0 Å². The van der Waals surface area contributed by atoms with Gasteiger partial charge in [0.25, 0.3) is 0 Å². The van der Waals surface area contributed by atoms with Gasteiger partial charge >= 0.3 is 0 Å². The van der Waals surface area contributed by atoms with Crippen molar-refractivity contribution < 1.29 is 0 Å². The van der Waals surface area contributed by atoms with Crippen molar-refractivity contribution in [3.05, 3.63) is 65.5 Å². The highest BCUT2D eigenvalue weighted by atomic mass is 14.9. The molecule has 1 aromatic carbocycles. The van der Waals surface area contributed by atoms with E-state index in [-0.39, 0.29) is 0 Å². The highest BCUT2D eigenvalue weighted by Gasteiger charge is 2.16. The lowest BCUT2D eigenvalue weighted by molar-refractivity contribution is 0.455. The number of aryl methyl sites for hydroxylation is 2. The minimum absolute atomic E-state index is 0.485. The van der Waals surface area contributed by atoms with E-state index in [4.69, 9.17) is 0 Å². The molecule has 0 fully saturated rings. The van der Waals surface area contributed by atoms with Gasteiger partial charge in [0.1, 0.15) is 0 Å². The second kappa shape index (κ2) is 7.20. The van der Waals surface area contributed by atoms with Crippen LogP contribution in [0, 0.1) is 6.92 Å². The van der Waals surface area contributed by atoms with E-state index in [1.54, 1.807) is 0 Å². The van der Waals surface area contributed by atoms with Crippen molar-refractivity contribution in [1.82, 2.24) is 10.3 Å². The third-order valence-corrected chi connectivity index (χ3v) is 4.07. The first-order chi connectivity index (χ1) is 9.70. The number of pyridine rings is 1. The lowest BCUT2D eigenvalue weighted by Crippen LogP contribution is -2.31. The third-order valence-electron chi connectivity index (χ3n) is 4.07. The Kier molecular flexibility index (Phi) is 5.31. The van der Waals surface area contributed by atoms with Gasteiger partial charge in [-0.3, -0.25) is 4.98 Å². The van der Waals surface area contributed by atoms with E-state index >= 15 is 0 Å². The Morgan fingerprint density at radius 3 is 2.30 bits per heavy atom. The SMILES string of the molecule is CNC(CCc1ccc(C)cc1)C(C)c1ccncc1. The van der Waals surface area contributed by atoms with Crippen LogP contribution in [0.25, 0.3) is 0 Å². The molecule has 0 bridgehead atoms. The number of hydrogen-bond acceptors (Lipinski definition) is 2. The predicted octanol–water partition coefficient (Wildman–Crippen LogP) is 3.71. The lowest BCUT2D eigenvalue weighted by atomic mass is 9.90. The Labute approximate surface area is 122 Å². The number of nitrogens with zero attached hydrogens (tertiary/aromatic N) is 1. The Balaban J connectivity index is 1.97. The van der Waals surface area contributed by atoms with E-state index in [1.165, 1.54) is 16.7 Å². The molecule has 1 heterocycles. The van der Waals surface area contributed by atoms with Crippen molar-refractivity contribution >= 4 is 0 Å². The van der Waals surface area contributed by atoms with Gasteiger partial charge in [-0.1, -0.05) is 36.8 Å². The minimum Gasteiger partial charge on any atom is -0.316 e. The zero-order chi connectivity index (χ0) is 14.4. The zero-order valence-electron chi connectivity index (χ0n) is 12.6. The molecule has 0 saturated carbocycles. The number of benzene rings is 1. The molecule has 0 amide bonds. The van der Waals surface area contributed by atoms with Crippen LogP contribution in [0.4, 0.5) is 0 Å². The molecule has 1 N–H and O–H groups in total. The summed E-state index contributed by atoms with van der Waals surface area (Å²) in [6, 6.07) is 13.6. The molecule has 1 aromatic heterocycles. The van der Waals surface area contributed by atoms with Crippen LogP contribution >= 0.6 is 0 Å². The maximum atomic E-state index is 4.09. The predicted molar refractivity (Wildman–Crippen MR) is 85.0 cm³/mol. The topological polar surface area (TPSA) is 24.9 Å². The molecule has 0 aliphatic carbocycles. The maximum Gasteiger partial charge on any atom is 0.0270 e. The molecule has 0 saturated heterocycles. The fourth-order valence-corrected chi connectivity index (χ4v) is 2.62. The molecular weight excluding hydrogens is 244 g/mol. The van der Waals surface area contributed by atoms with E-state index in [1.807, 2.05) is 12.4 Å². The summed E-state index contributed by atoms with van der Waals surface area (Å²) in [5.41, 5.74) is 4.09. The van der Waals surface area contributed by atoms with E-state index in [0.29, 0.717) is 12.0 Å².